The van der Waals surface area contributed by atoms with Crippen LogP contribution in [0.2, 0.25) is 0 Å². The fourth-order valence-corrected chi connectivity index (χ4v) is 11.4. The fraction of sp³-hybridized carbons (Fsp3) is 0.480. The molecule has 0 amide bonds. The molecule has 2 aromatic rings. The SMILES string of the molecule is CCCCSc1sc(/C=C/C=C/C=C/C=C/C=C/C=C/C=C/C=C/C=C/c2sc(SCCCC)c(CCCC)c2CCCC)c(CCCC)c1CCCC. The lowest BCUT2D eigenvalue weighted by molar-refractivity contribution is 0.755. The summed E-state index contributed by atoms with van der Waals surface area (Å²) in [6.45, 7) is 13.8. The first kappa shape index (κ1) is 47.9. The zero-order valence-electron chi connectivity index (χ0n) is 34.8. The van der Waals surface area contributed by atoms with Gasteiger partial charge in [-0.1, -0.05) is 177 Å². The maximum Gasteiger partial charge on any atom is 0.0639 e. The van der Waals surface area contributed by atoms with Crippen LogP contribution in [0, 0.1) is 0 Å². The molecule has 4 heteroatoms. The highest BCUT2D eigenvalue weighted by Gasteiger charge is 2.17. The van der Waals surface area contributed by atoms with Crippen LogP contribution >= 0.6 is 46.2 Å². The van der Waals surface area contributed by atoms with Gasteiger partial charge in [0, 0.05) is 9.75 Å². The summed E-state index contributed by atoms with van der Waals surface area (Å²) in [5.74, 6) is 2.47. The Morgan fingerprint density at radius 2 is 0.593 bits per heavy atom. The smallest absolute Gasteiger partial charge is 0.0639 e. The molecule has 296 valence electrons. The standard InChI is InChI=1S/C50H72S4/c1-7-13-35-43-45(37-15-9-3)49(51-41-17-11-5)53-47(43)39-33-31-29-27-25-23-21-19-20-22-24-26-28-30-32-34-40-48-44(36-14-8-2)46(38-16-10-4)50(54-48)52-42-18-12-6/h19-34,39-40H,7-18,35-38,41-42H2,1-6H3/b20-19+,23-21+,24-22+,27-25+,28-26+,31-29+,32-30+,39-33+,40-34+. The average Bonchev–Trinajstić information content (AvgIpc) is 3.69. The summed E-state index contributed by atoms with van der Waals surface area (Å²) in [4.78, 5) is 2.94. The van der Waals surface area contributed by atoms with Crippen LogP contribution in [-0.2, 0) is 25.7 Å². The Morgan fingerprint density at radius 1 is 0.333 bits per heavy atom. The van der Waals surface area contributed by atoms with E-state index in [1.54, 1.807) is 30.7 Å². The molecule has 54 heavy (non-hydrogen) atoms. The minimum atomic E-state index is 1.21. The van der Waals surface area contributed by atoms with Crippen molar-refractivity contribution in [1.82, 2.24) is 0 Å². The Kier molecular flexibility index (Phi) is 29.2. The molecular formula is C50H72S4. The van der Waals surface area contributed by atoms with Crippen molar-refractivity contribution in [2.45, 2.75) is 153 Å². The minimum absolute atomic E-state index is 1.21. The lowest BCUT2D eigenvalue weighted by atomic mass is 10.0. The molecule has 0 nitrogen and oxygen atoms in total. The van der Waals surface area contributed by atoms with Gasteiger partial charge in [-0.15, -0.1) is 46.2 Å². The Bertz CT molecular complexity index is 1410. The number of hydrogen-bond donors (Lipinski definition) is 0. The monoisotopic (exact) mass is 800 g/mol. The van der Waals surface area contributed by atoms with E-state index in [1.165, 1.54) is 124 Å². The predicted octanol–water partition coefficient (Wildman–Crippen LogP) is 17.6. The third kappa shape index (κ3) is 20.1. The summed E-state index contributed by atoms with van der Waals surface area (Å²) in [5, 5.41) is 0. The van der Waals surface area contributed by atoms with Crippen molar-refractivity contribution < 1.29 is 0 Å². The van der Waals surface area contributed by atoms with E-state index in [1.807, 2.05) is 22.7 Å². The Labute approximate surface area is 349 Å². The number of thioether (sulfide) groups is 2. The number of unbranched alkanes of at least 4 members (excludes halogenated alkanes) is 6. The van der Waals surface area contributed by atoms with Gasteiger partial charge in [-0.05, 0) is 110 Å². The third-order valence-corrected chi connectivity index (χ3v) is 14.2. The lowest BCUT2D eigenvalue weighted by Gasteiger charge is -2.07. The molecule has 0 spiro atoms. The van der Waals surface area contributed by atoms with E-state index in [0.29, 0.717) is 0 Å². The van der Waals surface area contributed by atoms with E-state index in [-0.39, 0.29) is 0 Å². The van der Waals surface area contributed by atoms with Crippen LogP contribution in [0.5, 0.6) is 0 Å². The zero-order valence-corrected chi connectivity index (χ0v) is 38.0. The van der Waals surface area contributed by atoms with Gasteiger partial charge in [0.1, 0.15) is 0 Å². The highest BCUT2D eigenvalue weighted by Crippen LogP contribution is 2.40. The molecule has 0 saturated heterocycles. The fourth-order valence-electron chi connectivity index (χ4n) is 5.76. The van der Waals surface area contributed by atoms with Crippen LogP contribution in [0.3, 0.4) is 0 Å². The second-order valence-electron chi connectivity index (χ2n) is 13.7. The maximum absolute atomic E-state index is 2.34. The highest BCUT2D eigenvalue weighted by atomic mass is 32.2. The average molecular weight is 801 g/mol. The molecule has 0 aliphatic heterocycles. The molecule has 2 aromatic heterocycles. The van der Waals surface area contributed by atoms with E-state index >= 15 is 0 Å². The van der Waals surface area contributed by atoms with E-state index < -0.39 is 0 Å². The Balaban J connectivity index is 1.88. The van der Waals surface area contributed by atoms with Crippen LogP contribution < -0.4 is 0 Å². The summed E-state index contributed by atoms with van der Waals surface area (Å²) in [7, 11) is 0. The summed E-state index contributed by atoms with van der Waals surface area (Å²) in [5.41, 5.74) is 6.53. The van der Waals surface area contributed by atoms with Gasteiger partial charge in [0.2, 0.25) is 0 Å². The molecule has 0 radical (unpaired) electrons. The minimum Gasteiger partial charge on any atom is -0.129 e. The summed E-state index contributed by atoms with van der Waals surface area (Å²) in [6.07, 6.45) is 58.6. The predicted molar refractivity (Wildman–Crippen MR) is 256 cm³/mol. The van der Waals surface area contributed by atoms with Gasteiger partial charge in [-0.25, -0.2) is 0 Å². The third-order valence-electron chi connectivity index (χ3n) is 8.97. The quantitative estimate of drug-likeness (QED) is 0.0438. The van der Waals surface area contributed by atoms with Crippen molar-refractivity contribution in [1.29, 1.82) is 0 Å². The van der Waals surface area contributed by atoms with Crippen LogP contribution in [0.25, 0.3) is 12.2 Å². The molecule has 0 fully saturated rings. The summed E-state index contributed by atoms with van der Waals surface area (Å²) >= 11 is 8.22. The van der Waals surface area contributed by atoms with Gasteiger partial charge in [0.25, 0.3) is 0 Å². The molecule has 0 saturated carbocycles. The van der Waals surface area contributed by atoms with Crippen LogP contribution in [0.15, 0.2) is 106 Å². The van der Waals surface area contributed by atoms with E-state index in [0.717, 1.165) is 0 Å². The molecule has 0 aliphatic rings. The van der Waals surface area contributed by atoms with Gasteiger partial charge in [-0.3, -0.25) is 0 Å². The number of hydrogen-bond acceptors (Lipinski definition) is 4. The van der Waals surface area contributed by atoms with Gasteiger partial charge in [0.05, 0.1) is 8.42 Å². The van der Waals surface area contributed by atoms with E-state index in [4.69, 9.17) is 0 Å². The normalized spacial score (nSPS) is 13.1. The number of allylic oxidation sites excluding steroid dienone is 16. The summed E-state index contributed by atoms with van der Waals surface area (Å²) in [6, 6.07) is 0. The van der Waals surface area contributed by atoms with E-state index in [9.17, 15) is 0 Å². The molecule has 0 aliphatic carbocycles. The molecule has 0 N–H and O–H groups in total. The van der Waals surface area contributed by atoms with Crippen molar-refractivity contribution in [2.75, 3.05) is 11.5 Å². The first-order chi connectivity index (χ1) is 26.6. The van der Waals surface area contributed by atoms with Crippen molar-refractivity contribution in [3.05, 3.63) is 129 Å². The molecule has 2 rings (SSSR count). The maximum atomic E-state index is 2.34. The van der Waals surface area contributed by atoms with E-state index in [2.05, 4.69) is 174 Å². The van der Waals surface area contributed by atoms with Gasteiger partial charge >= 0.3 is 0 Å². The van der Waals surface area contributed by atoms with Gasteiger partial charge in [-0.2, -0.15) is 0 Å². The molecule has 0 aromatic carbocycles. The van der Waals surface area contributed by atoms with Crippen molar-refractivity contribution in [3.8, 4) is 0 Å². The van der Waals surface area contributed by atoms with Crippen LogP contribution in [0.4, 0.5) is 0 Å². The molecule has 0 unspecified atom stereocenters. The Morgan fingerprint density at radius 3 is 0.870 bits per heavy atom. The first-order valence-corrected chi connectivity index (χ1v) is 24.8. The van der Waals surface area contributed by atoms with Crippen LogP contribution in [0.1, 0.15) is 151 Å². The van der Waals surface area contributed by atoms with Crippen molar-refractivity contribution in [3.63, 3.8) is 0 Å². The van der Waals surface area contributed by atoms with Crippen molar-refractivity contribution >= 4 is 58.3 Å². The zero-order chi connectivity index (χ0) is 38.9. The van der Waals surface area contributed by atoms with Crippen molar-refractivity contribution in [2.24, 2.45) is 0 Å². The second-order valence-corrected chi connectivity index (χ2v) is 18.5. The lowest BCUT2D eigenvalue weighted by Crippen LogP contribution is -1.94. The number of rotatable bonds is 30. The van der Waals surface area contributed by atoms with Crippen LogP contribution in [-0.4, -0.2) is 11.5 Å². The summed E-state index contributed by atoms with van der Waals surface area (Å²) < 4.78 is 3.14. The van der Waals surface area contributed by atoms with Gasteiger partial charge in [0.15, 0.2) is 0 Å². The Hall–Kier alpha value is -2.24. The topological polar surface area (TPSA) is 0 Å². The van der Waals surface area contributed by atoms with Gasteiger partial charge < -0.3 is 0 Å². The molecule has 2 heterocycles. The highest BCUT2D eigenvalue weighted by molar-refractivity contribution is 8.01. The molecule has 0 bridgehead atoms. The first-order valence-electron chi connectivity index (χ1n) is 21.2. The number of thiophene rings is 2. The molecular weight excluding hydrogens is 729 g/mol. The largest absolute Gasteiger partial charge is 0.129 e. The molecule has 0 atom stereocenters. The second kappa shape index (κ2) is 33.0.